The lowest BCUT2D eigenvalue weighted by molar-refractivity contribution is -0.154. The van der Waals surface area contributed by atoms with E-state index >= 15 is 0 Å². The van der Waals surface area contributed by atoms with Crippen LogP contribution in [0.15, 0.2) is 24.3 Å². The number of amides is 1. The summed E-state index contributed by atoms with van der Waals surface area (Å²) in [4.78, 5) is 24.2. The maximum atomic E-state index is 12.6. The summed E-state index contributed by atoms with van der Waals surface area (Å²) in [6.45, 7) is 5.47. The van der Waals surface area contributed by atoms with Crippen LogP contribution in [0, 0.1) is 16.7 Å². The molecule has 1 aromatic rings. The molecule has 0 unspecified atom stereocenters. The minimum absolute atomic E-state index is 0.125. The second-order valence-corrected chi connectivity index (χ2v) is 6.67. The van der Waals surface area contributed by atoms with Crippen molar-refractivity contribution in [3.63, 3.8) is 0 Å². The summed E-state index contributed by atoms with van der Waals surface area (Å²) in [5, 5.41) is 12.4. The summed E-state index contributed by atoms with van der Waals surface area (Å²) in [5.74, 6) is -0.564. The largest absolute Gasteiger partial charge is 0.497 e. The van der Waals surface area contributed by atoms with Crippen LogP contribution in [-0.2, 0) is 9.59 Å². The Kier molecular flexibility index (Phi) is 4.18. The zero-order valence-electron chi connectivity index (χ0n) is 13.5. The quantitative estimate of drug-likeness (QED) is 0.896. The van der Waals surface area contributed by atoms with Crippen LogP contribution < -0.4 is 10.1 Å². The lowest BCUT2D eigenvalue weighted by Gasteiger charge is -2.37. The van der Waals surface area contributed by atoms with E-state index in [1.165, 1.54) is 0 Å². The molecule has 120 valence electrons. The lowest BCUT2D eigenvalue weighted by atomic mass is 9.65. The third kappa shape index (κ3) is 2.56. The maximum Gasteiger partial charge on any atom is 0.309 e. The number of carbonyl (C=O) groups excluding carboxylic acids is 1. The van der Waals surface area contributed by atoms with Crippen molar-refractivity contribution in [2.75, 3.05) is 12.4 Å². The first-order chi connectivity index (χ1) is 10.2. The Morgan fingerprint density at radius 3 is 2.27 bits per heavy atom. The van der Waals surface area contributed by atoms with Crippen LogP contribution in [0.5, 0.6) is 5.75 Å². The third-order valence-electron chi connectivity index (χ3n) is 5.37. The highest BCUT2D eigenvalue weighted by atomic mass is 16.5. The van der Waals surface area contributed by atoms with Crippen molar-refractivity contribution in [1.29, 1.82) is 0 Å². The number of hydrogen-bond acceptors (Lipinski definition) is 3. The fraction of sp³-hybridized carbons (Fsp3) is 0.529. The number of carboxylic acid groups (broad SMARTS) is 1. The van der Waals surface area contributed by atoms with Gasteiger partial charge in [-0.3, -0.25) is 9.59 Å². The van der Waals surface area contributed by atoms with Crippen LogP contribution in [0.2, 0.25) is 0 Å². The second-order valence-electron chi connectivity index (χ2n) is 6.67. The molecule has 2 rings (SSSR count). The number of carbonyl (C=O) groups is 2. The Labute approximate surface area is 130 Å². The van der Waals surface area contributed by atoms with Gasteiger partial charge in [0.2, 0.25) is 5.91 Å². The van der Waals surface area contributed by atoms with E-state index in [2.05, 4.69) is 5.32 Å². The number of hydrogen-bond donors (Lipinski definition) is 2. The summed E-state index contributed by atoms with van der Waals surface area (Å²) in [6.07, 6.45) is 1.09. The van der Waals surface area contributed by atoms with Crippen molar-refractivity contribution in [1.82, 2.24) is 0 Å². The van der Waals surface area contributed by atoms with E-state index in [0.29, 0.717) is 18.5 Å². The number of anilines is 1. The van der Waals surface area contributed by atoms with Gasteiger partial charge in [0.25, 0.3) is 0 Å². The Balaban J connectivity index is 2.14. The van der Waals surface area contributed by atoms with E-state index in [1.807, 2.05) is 13.8 Å². The van der Waals surface area contributed by atoms with Crippen LogP contribution in [0.25, 0.3) is 0 Å². The number of methoxy groups -OCH3 is 1. The molecule has 2 atom stereocenters. The molecular formula is C17H23NO4. The Morgan fingerprint density at radius 2 is 1.82 bits per heavy atom. The van der Waals surface area contributed by atoms with Gasteiger partial charge in [-0.15, -0.1) is 0 Å². The van der Waals surface area contributed by atoms with Crippen molar-refractivity contribution in [2.24, 2.45) is 16.7 Å². The van der Waals surface area contributed by atoms with Crippen molar-refractivity contribution in [3.8, 4) is 5.75 Å². The molecule has 0 saturated heterocycles. The zero-order valence-corrected chi connectivity index (χ0v) is 13.5. The predicted octanol–water partition coefficient (Wildman–Crippen LogP) is 3.16. The fourth-order valence-corrected chi connectivity index (χ4v) is 3.25. The van der Waals surface area contributed by atoms with Gasteiger partial charge in [-0.1, -0.05) is 13.8 Å². The molecule has 0 radical (unpaired) electrons. The summed E-state index contributed by atoms with van der Waals surface area (Å²) >= 11 is 0. The van der Waals surface area contributed by atoms with Gasteiger partial charge < -0.3 is 15.2 Å². The third-order valence-corrected chi connectivity index (χ3v) is 5.37. The van der Waals surface area contributed by atoms with Crippen molar-refractivity contribution >= 4 is 17.6 Å². The number of ether oxygens (including phenoxy) is 1. The van der Waals surface area contributed by atoms with Crippen LogP contribution in [0.4, 0.5) is 5.69 Å². The first-order valence-corrected chi connectivity index (χ1v) is 7.40. The maximum absolute atomic E-state index is 12.6. The second kappa shape index (κ2) is 5.63. The minimum atomic E-state index is -0.880. The van der Waals surface area contributed by atoms with Crippen LogP contribution in [0.3, 0.4) is 0 Å². The Bertz CT molecular complexity index is 579. The highest BCUT2D eigenvalue weighted by Gasteiger charge is 2.58. The molecule has 5 nitrogen and oxygen atoms in total. The molecule has 1 aromatic carbocycles. The highest BCUT2D eigenvalue weighted by molar-refractivity contribution is 5.94. The van der Waals surface area contributed by atoms with E-state index < -0.39 is 16.8 Å². The van der Waals surface area contributed by atoms with E-state index in [-0.39, 0.29) is 11.8 Å². The molecular weight excluding hydrogens is 282 g/mol. The summed E-state index contributed by atoms with van der Waals surface area (Å²) in [5.41, 5.74) is -0.796. The van der Waals surface area contributed by atoms with Crippen LogP contribution in [-0.4, -0.2) is 24.1 Å². The molecule has 1 fully saturated rings. The minimum Gasteiger partial charge on any atom is -0.497 e. The number of nitrogens with one attached hydrogen (secondary N) is 1. The molecule has 0 heterocycles. The molecule has 0 aromatic heterocycles. The summed E-state index contributed by atoms with van der Waals surface area (Å²) in [7, 11) is 1.58. The molecule has 2 N–H and O–H groups in total. The van der Waals surface area contributed by atoms with Crippen molar-refractivity contribution < 1.29 is 19.4 Å². The fourth-order valence-electron chi connectivity index (χ4n) is 3.25. The molecule has 1 saturated carbocycles. The molecule has 1 aliphatic rings. The normalized spacial score (nSPS) is 26.5. The highest BCUT2D eigenvalue weighted by Crippen LogP contribution is 2.56. The van der Waals surface area contributed by atoms with E-state index in [0.717, 1.165) is 5.75 Å². The van der Waals surface area contributed by atoms with E-state index in [9.17, 15) is 14.7 Å². The molecule has 0 bridgehead atoms. The van der Waals surface area contributed by atoms with Gasteiger partial charge >= 0.3 is 5.97 Å². The van der Waals surface area contributed by atoms with Gasteiger partial charge in [-0.25, -0.2) is 0 Å². The Hall–Kier alpha value is -2.04. The van der Waals surface area contributed by atoms with Gasteiger partial charge in [0.1, 0.15) is 5.75 Å². The molecule has 0 aliphatic heterocycles. The standard InChI is InChI=1S/C17H23NO4/c1-16(2)13(9-10-17(16,3)15(20)21)14(19)18-11-5-7-12(22-4)8-6-11/h5-8,13H,9-10H2,1-4H3,(H,18,19)(H,20,21)/t13-,17+/m1/s1. The average Bonchev–Trinajstić information content (AvgIpc) is 2.71. The molecule has 1 amide bonds. The topological polar surface area (TPSA) is 75.6 Å². The monoisotopic (exact) mass is 305 g/mol. The first-order valence-electron chi connectivity index (χ1n) is 7.40. The number of carboxylic acids is 1. The average molecular weight is 305 g/mol. The van der Waals surface area contributed by atoms with Crippen LogP contribution in [0.1, 0.15) is 33.6 Å². The number of rotatable bonds is 4. The van der Waals surface area contributed by atoms with E-state index in [1.54, 1.807) is 38.3 Å². The summed E-state index contributed by atoms with van der Waals surface area (Å²) < 4.78 is 5.08. The first kappa shape index (κ1) is 16.3. The number of aliphatic carboxylic acids is 1. The summed E-state index contributed by atoms with van der Waals surface area (Å²) in [6, 6.07) is 7.09. The lowest BCUT2D eigenvalue weighted by Crippen LogP contribution is -2.43. The predicted molar refractivity (Wildman–Crippen MR) is 83.9 cm³/mol. The van der Waals surface area contributed by atoms with Gasteiger partial charge in [-0.05, 0) is 49.4 Å². The number of benzene rings is 1. The molecule has 1 aliphatic carbocycles. The van der Waals surface area contributed by atoms with Gasteiger partial charge in [-0.2, -0.15) is 0 Å². The van der Waals surface area contributed by atoms with Crippen molar-refractivity contribution in [2.45, 2.75) is 33.6 Å². The van der Waals surface area contributed by atoms with Crippen LogP contribution >= 0.6 is 0 Å². The molecule has 22 heavy (non-hydrogen) atoms. The van der Waals surface area contributed by atoms with Crippen molar-refractivity contribution in [3.05, 3.63) is 24.3 Å². The van der Waals surface area contributed by atoms with Gasteiger partial charge in [0.15, 0.2) is 0 Å². The Morgan fingerprint density at radius 1 is 1.23 bits per heavy atom. The SMILES string of the molecule is COc1ccc(NC(=O)[C@H]2CC[C@@](C)(C(=O)O)C2(C)C)cc1. The van der Waals surface area contributed by atoms with Gasteiger partial charge in [0, 0.05) is 11.6 Å². The smallest absolute Gasteiger partial charge is 0.309 e. The van der Waals surface area contributed by atoms with E-state index in [4.69, 9.17) is 4.74 Å². The molecule has 5 heteroatoms. The van der Waals surface area contributed by atoms with Gasteiger partial charge in [0.05, 0.1) is 12.5 Å². The molecule has 0 spiro atoms. The zero-order chi connectivity index (χ0) is 16.5.